The number of rotatable bonds is 6. The lowest BCUT2D eigenvalue weighted by Crippen LogP contribution is -2.23. The molecule has 32 heavy (non-hydrogen) atoms. The van der Waals surface area contributed by atoms with Crippen molar-refractivity contribution in [2.24, 2.45) is 0 Å². The van der Waals surface area contributed by atoms with Crippen molar-refractivity contribution >= 4 is 29.0 Å². The standard InChI is InChI=1S/C15H14O3.C11H15NO2/c1-9(2)7-8-12-13(16)10-5-3-4-6-11(10)14(17)15(12)18;1-2-3-8-14-11(13)9-4-6-10(12)7-5-9/h3-7,16H,8H2,1-2H3;4-7H,2-3,8,12H2,1H3. The van der Waals surface area contributed by atoms with Gasteiger partial charge in [0, 0.05) is 22.4 Å². The zero-order valence-electron chi connectivity index (χ0n) is 18.7. The molecule has 1 aliphatic carbocycles. The van der Waals surface area contributed by atoms with Crippen LogP contribution in [0.3, 0.4) is 0 Å². The summed E-state index contributed by atoms with van der Waals surface area (Å²) in [5, 5.41) is 10.1. The van der Waals surface area contributed by atoms with E-state index in [0.717, 1.165) is 18.4 Å². The predicted molar refractivity (Wildman–Crippen MR) is 125 cm³/mol. The van der Waals surface area contributed by atoms with Crippen molar-refractivity contribution in [3.63, 3.8) is 0 Å². The van der Waals surface area contributed by atoms with Crippen molar-refractivity contribution in [2.45, 2.75) is 40.0 Å². The molecule has 0 aromatic heterocycles. The van der Waals surface area contributed by atoms with Gasteiger partial charge in [-0.25, -0.2) is 4.79 Å². The predicted octanol–water partition coefficient (Wildman–Crippen LogP) is 5.30. The number of hydrogen-bond acceptors (Lipinski definition) is 6. The molecule has 168 valence electrons. The number of aliphatic hydroxyl groups is 1. The number of unbranched alkanes of at least 4 members (excludes halogenated alkanes) is 1. The minimum Gasteiger partial charge on any atom is -0.507 e. The van der Waals surface area contributed by atoms with Crippen LogP contribution >= 0.6 is 0 Å². The SMILES string of the molecule is CC(C)=CCC1=C(O)c2ccccc2C(=O)C1=O.CCCCOC(=O)c1ccc(N)cc1. The van der Waals surface area contributed by atoms with Gasteiger partial charge in [-0.3, -0.25) is 9.59 Å². The number of carbonyl (C=O) groups excluding carboxylic acids is 3. The fourth-order valence-electron chi connectivity index (χ4n) is 2.92. The molecule has 6 heteroatoms. The molecule has 0 atom stereocenters. The second-order valence-electron chi connectivity index (χ2n) is 7.63. The number of ketones is 2. The number of nitrogens with two attached hydrogens (primary N) is 1. The highest BCUT2D eigenvalue weighted by Crippen LogP contribution is 2.29. The van der Waals surface area contributed by atoms with Crippen LogP contribution < -0.4 is 5.73 Å². The van der Waals surface area contributed by atoms with Crippen LogP contribution in [0, 0.1) is 0 Å². The Hall–Kier alpha value is -3.67. The van der Waals surface area contributed by atoms with Gasteiger partial charge < -0.3 is 15.6 Å². The average molecular weight is 436 g/mol. The van der Waals surface area contributed by atoms with E-state index >= 15 is 0 Å². The van der Waals surface area contributed by atoms with E-state index in [1.807, 2.05) is 19.9 Å². The Morgan fingerprint density at radius 2 is 1.62 bits per heavy atom. The van der Waals surface area contributed by atoms with E-state index in [9.17, 15) is 19.5 Å². The summed E-state index contributed by atoms with van der Waals surface area (Å²) in [6, 6.07) is 13.3. The summed E-state index contributed by atoms with van der Waals surface area (Å²) in [5.74, 6) is -1.50. The molecule has 0 saturated heterocycles. The Bertz CT molecular complexity index is 1040. The molecule has 2 aromatic carbocycles. The third-order valence-electron chi connectivity index (χ3n) is 4.78. The molecule has 1 aliphatic rings. The van der Waals surface area contributed by atoms with E-state index in [0.29, 0.717) is 23.4 Å². The normalized spacial score (nSPS) is 12.5. The van der Waals surface area contributed by atoms with E-state index in [2.05, 4.69) is 6.92 Å². The van der Waals surface area contributed by atoms with Gasteiger partial charge in [0.2, 0.25) is 11.6 Å². The Kier molecular flexibility index (Phi) is 8.95. The topological polar surface area (TPSA) is 107 Å². The van der Waals surface area contributed by atoms with Gasteiger partial charge in [-0.15, -0.1) is 0 Å². The quantitative estimate of drug-likeness (QED) is 0.210. The first-order valence-corrected chi connectivity index (χ1v) is 10.5. The van der Waals surface area contributed by atoms with Crippen LogP contribution in [-0.4, -0.2) is 29.2 Å². The van der Waals surface area contributed by atoms with E-state index in [1.165, 1.54) is 0 Å². The smallest absolute Gasteiger partial charge is 0.338 e. The molecule has 6 nitrogen and oxygen atoms in total. The second-order valence-corrected chi connectivity index (χ2v) is 7.63. The molecule has 0 unspecified atom stereocenters. The van der Waals surface area contributed by atoms with Crippen LogP contribution in [0.25, 0.3) is 5.76 Å². The minimum atomic E-state index is -0.608. The number of hydrogen-bond donors (Lipinski definition) is 2. The highest BCUT2D eigenvalue weighted by molar-refractivity contribution is 6.52. The molecular weight excluding hydrogens is 406 g/mol. The summed E-state index contributed by atoms with van der Waals surface area (Å²) in [6.07, 6.45) is 4.04. The number of Topliss-reactive ketones (excluding diaryl/α,β-unsaturated/α-hetero) is 2. The molecule has 3 N–H and O–H groups in total. The second kappa shape index (κ2) is 11.6. The van der Waals surface area contributed by atoms with E-state index in [1.54, 1.807) is 48.5 Å². The van der Waals surface area contributed by atoms with Crippen LogP contribution in [0.15, 0.2) is 65.8 Å². The first-order valence-electron chi connectivity index (χ1n) is 10.5. The van der Waals surface area contributed by atoms with Crippen molar-refractivity contribution < 1.29 is 24.2 Å². The van der Waals surface area contributed by atoms with Crippen LogP contribution in [0.5, 0.6) is 0 Å². The molecule has 0 heterocycles. The lowest BCUT2D eigenvalue weighted by Gasteiger charge is -2.16. The maximum absolute atomic E-state index is 11.9. The molecule has 0 bridgehead atoms. The van der Waals surface area contributed by atoms with Crippen LogP contribution in [0.1, 0.15) is 66.3 Å². The summed E-state index contributed by atoms with van der Waals surface area (Å²) in [7, 11) is 0. The fourth-order valence-corrected chi connectivity index (χ4v) is 2.92. The Balaban J connectivity index is 0.000000235. The number of nitrogen functional groups attached to an aromatic ring is 1. The number of esters is 1. The number of benzene rings is 2. The summed E-state index contributed by atoms with van der Waals surface area (Å²) in [4.78, 5) is 35.2. The zero-order chi connectivity index (χ0) is 23.7. The Morgan fingerprint density at radius 1 is 1.00 bits per heavy atom. The molecule has 0 amide bonds. The molecule has 0 aliphatic heterocycles. The van der Waals surface area contributed by atoms with Gasteiger partial charge >= 0.3 is 5.97 Å². The summed E-state index contributed by atoms with van der Waals surface area (Å²) >= 11 is 0. The van der Waals surface area contributed by atoms with Gasteiger partial charge in [0.25, 0.3) is 0 Å². The maximum Gasteiger partial charge on any atom is 0.338 e. The van der Waals surface area contributed by atoms with Crippen molar-refractivity contribution in [3.8, 4) is 0 Å². The third-order valence-corrected chi connectivity index (χ3v) is 4.78. The van der Waals surface area contributed by atoms with Crippen molar-refractivity contribution in [3.05, 3.63) is 82.4 Å². The van der Waals surface area contributed by atoms with Crippen molar-refractivity contribution in [1.82, 2.24) is 0 Å². The van der Waals surface area contributed by atoms with E-state index in [-0.39, 0.29) is 29.3 Å². The van der Waals surface area contributed by atoms with Crippen LogP contribution in [-0.2, 0) is 9.53 Å². The number of anilines is 1. The highest BCUT2D eigenvalue weighted by atomic mass is 16.5. The molecule has 0 spiro atoms. The fraction of sp³-hybridized carbons (Fsp3) is 0.269. The van der Waals surface area contributed by atoms with Crippen LogP contribution in [0.4, 0.5) is 5.69 Å². The lowest BCUT2D eigenvalue weighted by molar-refractivity contribution is -0.112. The Labute approximate surface area is 188 Å². The van der Waals surface area contributed by atoms with Crippen molar-refractivity contribution in [2.75, 3.05) is 12.3 Å². The van der Waals surface area contributed by atoms with Gasteiger partial charge in [-0.05, 0) is 51.0 Å². The average Bonchev–Trinajstić information content (AvgIpc) is 2.78. The highest BCUT2D eigenvalue weighted by Gasteiger charge is 2.31. The van der Waals surface area contributed by atoms with Gasteiger partial charge in [-0.2, -0.15) is 0 Å². The zero-order valence-corrected chi connectivity index (χ0v) is 18.7. The van der Waals surface area contributed by atoms with E-state index < -0.39 is 11.6 Å². The Morgan fingerprint density at radius 3 is 2.22 bits per heavy atom. The third kappa shape index (κ3) is 6.41. The van der Waals surface area contributed by atoms with Gasteiger partial charge in [-0.1, -0.05) is 49.3 Å². The summed E-state index contributed by atoms with van der Waals surface area (Å²) in [5.41, 5.74) is 8.64. The summed E-state index contributed by atoms with van der Waals surface area (Å²) < 4.78 is 5.03. The lowest BCUT2D eigenvalue weighted by atomic mass is 9.87. The monoisotopic (exact) mass is 435 g/mol. The van der Waals surface area contributed by atoms with Crippen molar-refractivity contribution in [1.29, 1.82) is 0 Å². The number of ether oxygens (including phenoxy) is 1. The molecule has 0 saturated carbocycles. The maximum atomic E-state index is 11.9. The van der Waals surface area contributed by atoms with Gasteiger partial charge in [0.1, 0.15) is 5.76 Å². The molecule has 3 rings (SSSR count). The molecule has 0 radical (unpaired) electrons. The number of fused-ring (bicyclic) bond motifs is 1. The number of aliphatic hydroxyl groups excluding tert-OH is 1. The largest absolute Gasteiger partial charge is 0.507 e. The van der Waals surface area contributed by atoms with E-state index in [4.69, 9.17) is 10.5 Å². The molecular formula is C26H29NO5. The number of carbonyl (C=O) groups is 3. The number of allylic oxidation sites excluding steroid dienone is 3. The molecule has 0 fully saturated rings. The van der Waals surface area contributed by atoms with Crippen LogP contribution in [0.2, 0.25) is 0 Å². The molecule has 2 aromatic rings. The first-order chi connectivity index (χ1) is 15.3. The van der Waals surface area contributed by atoms with Gasteiger partial charge in [0.15, 0.2) is 0 Å². The minimum absolute atomic E-state index is 0.0762. The summed E-state index contributed by atoms with van der Waals surface area (Å²) in [6.45, 7) is 6.35. The first kappa shape index (κ1) is 24.6. The van der Waals surface area contributed by atoms with Gasteiger partial charge in [0.05, 0.1) is 12.2 Å².